The van der Waals surface area contributed by atoms with Gasteiger partial charge in [0.1, 0.15) is 29.4 Å². The molecule has 48 heavy (non-hydrogen) atoms. The van der Waals surface area contributed by atoms with Gasteiger partial charge in [-0.3, -0.25) is 14.5 Å². The van der Waals surface area contributed by atoms with Crippen LogP contribution in [0.25, 0.3) is 0 Å². The van der Waals surface area contributed by atoms with Crippen LogP contribution in [0, 0.1) is 18.8 Å². The quantitative estimate of drug-likeness (QED) is 0.250. The van der Waals surface area contributed by atoms with Gasteiger partial charge >= 0.3 is 0 Å². The molecule has 3 aliphatic carbocycles. The number of benzene rings is 2. The van der Waals surface area contributed by atoms with Crippen LogP contribution >= 0.6 is 0 Å². The van der Waals surface area contributed by atoms with Crippen LogP contribution in [0.4, 0.5) is 0 Å². The van der Waals surface area contributed by atoms with E-state index < -0.39 is 37.6 Å². The number of rotatable bonds is 8. The predicted octanol–water partition coefficient (Wildman–Crippen LogP) is 7.03. The van der Waals surface area contributed by atoms with E-state index >= 15 is 4.79 Å². The van der Waals surface area contributed by atoms with Gasteiger partial charge in [0.05, 0.1) is 20.3 Å². The van der Waals surface area contributed by atoms with Crippen molar-refractivity contribution in [3.8, 4) is 17.4 Å². The van der Waals surface area contributed by atoms with Crippen LogP contribution in [0.2, 0.25) is 18.1 Å². The van der Waals surface area contributed by atoms with E-state index in [1.165, 1.54) is 0 Å². The Morgan fingerprint density at radius 3 is 2.33 bits per heavy atom. The molecular formula is C37H46N2O8Si. The van der Waals surface area contributed by atoms with E-state index in [1.54, 1.807) is 20.3 Å². The molecule has 3 aliphatic rings. The molecule has 0 radical (unpaired) electrons. The Bertz CT molecular complexity index is 1810. The first kappa shape index (κ1) is 33.9. The number of allylic oxidation sites excluding steroid dienone is 1. The number of hydrogen-bond acceptors (Lipinski definition) is 10. The maximum absolute atomic E-state index is 15.3. The molecule has 0 unspecified atom stereocenters. The number of aliphatic hydroxyl groups excluding tert-OH is 1. The molecule has 2 aromatic carbocycles. The standard InChI is InChI=1S/C37H46N2O8Si/c1-20-25(43-7)18-26(44-8)23-16-22-17-24-30(39(5)6)32-29(35(38-46-32)45-19-21-14-12-11-13-15-21)34(42)37(24,47-48(9,10)36(2,3)4)33(41)28(22)31(40)27(20)23/h11-15,18,22,24,30,41H,16-17,19H2,1-10H3/t22-,24-,30-,37-/m0/s1. The van der Waals surface area contributed by atoms with Gasteiger partial charge < -0.3 is 28.3 Å². The molecule has 0 saturated heterocycles. The molecule has 4 atom stereocenters. The minimum Gasteiger partial charge on any atom is -0.508 e. The van der Waals surface area contributed by atoms with Gasteiger partial charge in [0.2, 0.25) is 5.78 Å². The average molecular weight is 675 g/mol. The van der Waals surface area contributed by atoms with Crippen molar-refractivity contribution < 1.29 is 37.9 Å². The fraction of sp³-hybridized carbons (Fsp3) is 0.486. The van der Waals surface area contributed by atoms with Gasteiger partial charge in [0.15, 0.2) is 25.5 Å². The highest BCUT2D eigenvalue weighted by molar-refractivity contribution is 6.74. The lowest BCUT2D eigenvalue weighted by Crippen LogP contribution is -2.65. The van der Waals surface area contributed by atoms with Gasteiger partial charge in [0.25, 0.3) is 5.88 Å². The van der Waals surface area contributed by atoms with Crippen molar-refractivity contribution in [2.24, 2.45) is 11.8 Å². The minimum absolute atomic E-state index is 0.0351. The number of aromatic nitrogens is 1. The van der Waals surface area contributed by atoms with Gasteiger partial charge in [0, 0.05) is 34.2 Å². The lowest BCUT2D eigenvalue weighted by molar-refractivity contribution is -0.0480. The lowest BCUT2D eigenvalue weighted by Gasteiger charge is -2.55. The van der Waals surface area contributed by atoms with Crippen molar-refractivity contribution in [3.63, 3.8) is 0 Å². The van der Waals surface area contributed by atoms with Crippen LogP contribution in [-0.4, -0.2) is 69.0 Å². The molecule has 0 fully saturated rings. The zero-order valence-corrected chi connectivity index (χ0v) is 30.5. The van der Waals surface area contributed by atoms with E-state index in [0.717, 1.165) is 11.1 Å². The third kappa shape index (κ3) is 5.00. The molecule has 256 valence electrons. The number of ketones is 2. The second-order valence-electron chi connectivity index (χ2n) is 14.9. The molecule has 3 aromatic rings. The average Bonchev–Trinajstić information content (AvgIpc) is 3.44. The molecule has 0 saturated carbocycles. The number of ether oxygens (including phenoxy) is 3. The summed E-state index contributed by atoms with van der Waals surface area (Å²) in [4.78, 5) is 32.0. The Labute approximate surface area is 283 Å². The van der Waals surface area contributed by atoms with Crippen LogP contribution in [0.15, 0.2) is 52.3 Å². The van der Waals surface area contributed by atoms with E-state index in [2.05, 4.69) is 39.0 Å². The Hall–Kier alpha value is -3.93. The van der Waals surface area contributed by atoms with Gasteiger partial charge in [-0.15, -0.1) is 0 Å². The van der Waals surface area contributed by atoms with Crippen LogP contribution in [0.5, 0.6) is 17.4 Å². The van der Waals surface area contributed by atoms with Crippen molar-refractivity contribution in [3.05, 3.63) is 81.3 Å². The molecule has 11 heteroatoms. The van der Waals surface area contributed by atoms with Gasteiger partial charge in [-0.05, 0) is 68.6 Å². The number of Topliss-reactive ketones (excluding diaryl/α,β-unsaturated/α-hetero) is 2. The van der Waals surface area contributed by atoms with Gasteiger partial charge in [-0.2, -0.15) is 0 Å². The number of hydrogen-bond donors (Lipinski definition) is 1. The smallest absolute Gasteiger partial charge is 0.265 e. The van der Waals surface area contributed by atoms with Crippen molar-refractivity contribution in [1.82, 2.24) is 10.1 Å². The maximum Gasteiger partial charge on any atom is 0.265 e. The zero-order valence-electron chi connectivity index (χ0n) is 29.5. The summed E-state index contributed by atoms with van der Waals surface area (Å²) in [5.74, 6) is -0.732. The summed E-state index contributed by atoms with van der Waals surface area (Å²) in [6.07, 6.45) is 0.812. The second kappa shape index (κ2) is 11.9. The monoisotopic (exact) mass is 674 g/mol. The van der Waals surface area contributed by atoms with E-state index in [0.29, 0.717) is 41.2 Å². The molecule has 0 amide bonds. The largest absolute Gasteiger partial charge is 0.508 e. The summed E-state index contributed by atoms with van der Waals surface area (Å²) in [5.41, 5.74) is 1.19. The van der Waals surface area contributed by atoms with Crippen molar-refractivity contribution >= 4 is 19.9 Å². The Morgan fingerprint density at radius 1 is 1.06 bits per heavy atom. The maximum atomic E-state index is 15.3. The summed E-state index contributed by atoms with van der Waals surface area (Å²) >= 11 is 0. The molecule has 6 rings (SSSR count). The Kier molecular flexibility index (Phi) is 8.41. The Morgan fingerprint density at radius 2 is 1.73 bits per heavy atom. The van der Waals surface area contributed by atoms with Gasteiger partial charge in [-0.25, -0.2) is 0 Å². The zero-order chi connectivity index (χ0) is 34.9. The van der Waals surface area contributed by atoms with E-state index in [-0.39, 0.29) is 40.2 Å². The van der Waals surface area contributed by atoms with Crippen LogP contribution in [0.3, 0.4) is 0 Å². The molecule has 1 heterocycles. The van der Waals surface area contributed by atoms with Crippen LogP contribution < -0.4 is 14.2 Å². The summed E-state index contributed by atoms with van der Waals surface area (Å²) in [7, 11) is 4.12. The van der Waals surface area contributed by atoms with Crippen molar-refractivity contribution in [2.45, 2.75) is 76.9 Å². The van der Waals surface area contributed by atoms with E-state index in [4.69, 9.17) is 23.2 Å². The topological polar surface area (TPSA) is 121 Å². The van der Waals surface area contributed by atoms with E-state index in [1.807, 2.05) is 56.3 Å². The molecule has 0 bridgehead atoms. The minimum atomic E-state index is -2.81. The highest BCUT2D eigenvalue weighted by Crippen LogP contribution is 2.60. The highest BCUT2D eigenvalue weighted by Gasteiger charge is 2.67. The summed E-state index contributed by atoms with van der Waals surface area (Å²) < 4.78 is 30.7. The van der Waals surface area contributed by atoms with Gasteiger partial charge in [-0.1, -0.05) is 51.1 Å². The SMILES string of the molecule is COc1cc(OC)c2c(c1C)C(=O)C1=C(O)[C@]3(O[Si](C)(C)C(C)(C)C)C(=O)c4c(OCc5ccccc5)noc4[C@@H](N(C)C)[C@@H]3C[C@@H]1C2. The number of methoxy groups -OCH3 is 2. The second-order valence-corrected chi connectivity index (χ2v) is 19.7. The first-order valence-electron chi connectivity index (χ1n) is 16.4. The number of fused-ring (bicyclic) bond motifs is 4. The van der Waals surface area contributed by atoms with Crippen LogP contribution in [-0.2, 0) is 17.5 Å². The fourth-order valence-corrected chi connectivity index (χ4v) is 9.00. The number of nitrogens with zero attached hydrogens (tertiary/aromatic N) is 2. The normalized spacial score (nSPS) is 23.8. The fourth-order valence-electron chi connectivity index (χ4n) is 7.55. The summed E-state index contributed by atoms with van der Waals surface area (Å²) in [6.45, 7) is 12.3. The number of carbonyl (C=O) groups is 2. The number of carbonyl (C=O) groups excluding carboxylic acids is 2. The van der Waals surface area contributed by atoms with E-state index in [9.17, 15) is 9.90 Å². The van der Waals surface area contributed by atoms with Crippen molar-refractivity contribution in [1.29, 1.82) is 0 Å². The molecular weight excluding hydrogens is 628 g/mol. The molecule has 1 aromatic heterocycles. The molecule has 1 N–H and O–H groups in total. The summed E-state index contributed by atoms with van der Waals surface area (Å²) in [5, 5.41) is 16.6. The molecule has 10 nitrogen and oxygen atoms in total. The first-order chi connectivity index (χ1) is 22.6. The molecule has 0 aliphatic heterocycles. The third-order valence-corrected chi connectivity index (χ3v) is 15.4. The summed E-state index contributed by atoms with van der Waals surface area (Å²) in [6, 6.07) is 10.9. The van der Waals surface area contributed by atoms with Crippen molar-refractivity contribution in [2.75, 3.05) is 28.3 Å². The Balaban J connectivity index is 1.60. The first-order valence-corrected chi connectivity index (χ1v) is 19.3. The van der Waals surface area contributed by atoms with Crippen LogP contribution in [0.1, 0.15) is 76.4 Å². The lowest BCUT2D eigenvalue weighted by atomic mass is 9.58. The predicted molar refractivity (Wildman–Crippen MR) is 183 cm³/mol. The molecule has 0 spiro atoms. The third-order valence-electron chi connectivity index (χ3n) is 10.9. The number of aliphatic hydroxyl groups is 1. The highest BCUT2D eigenvalue weighted by atomic mass is 28.4.